The quantitative estimate of drug-likeness (QED) is 0.534. The first-order valence-corrected chi connectivity index (χ1v) is 4.04. The van der Waals surface area contributed by atoms with Gasteiger partial charge in [0.15, 0.2) is 0 Å². The molecule has 0 aromatic heterocycles. The molecule has 3 radical (unpaired) electrons. The number of hydrogen-bond donors (Lipinski definition) is 0. The molecule has 0 atom stereocenters. The summed E-state index contributed by atoms with van der Waals surface area (Å²) in [5.41, 5.74) is 0. The van der Waals surface area contributed by atoms with Crippen LogP contribution in [-0.2, 0) is 4.43 Å². The SMILES string of the molecule is CCC(CC)CCO[Si]. The standard InChI is InChI=1S/C7H15OSi/c1-3-7(4-2)5-6-8-9/h7H,3-6H2,1-2H3. The maximum absolute atomic E-state index is 4.78. The van der Waals surface area contributed by atoms with Gasteiger partial charge in [0.25, 0.3) is 0 Å². The minimum atomic E-state index is 0.837. The van der Waals surface area contributed by atoms with Crippen molar-refractivity contribution >= 4 is 10.5 Å². The fraction of sp³-hybridized carbons (Fsp3) is 1.00. The normalized spacial score (nSPS) is 10.7. The summed E-state index contributed by atoms with van der Waals surface area (Å²) < 4.78 is 4.78. The first-order chi connectivity index (χ1) is 4.35. The third kappa shape index (κ3) is 4.67. The van der Waals surface area contributed by atoms with Crippen molar-refractivity contribution in [2.45, 2.75) is 33.1 Å². The lowest BCUT2D eigenvalue weighted by atomic mass is 10.0. The molecule has 0 unspecified atom stereocenters. The van der Waals surface area contributed by atoms with Gasteiger partial charge in [0.2, 0.25) is 10.5 Å². The molecule has 0 saturated carbocycles. The van der Waals surface area contributed by atoms with Gasteiger partial charge in [-0.15, -0.1) is 0 Å². The molecule has 0 bridgehead atoms. The van der Waals surface area contributed by atoms with Gasteiger partial charge < -0.3 is 4.43 Å². The van der Waals surface area contributed by atoms with Crippen LogP contribution in [-0.4, -0.2) is 17.1 Å². The van der Waals surface area contributed by atoms with Crippen molar-refractivity contribution in [1.82, 2.24) is 0 Å². The molecule has 1 nitrogen and oxygen atoms in total. The molecule has 0 heterocycles. The lowest BCUT2D eigenvalue weighted by molar-refractivity contribution is 0.292. The molecule has 0 rings (SSSR count). The zero-order valence-electron chi connectivity index (χ0n) is 6.31. The fourth-order valence-corrected chi connectivity index (χ4v) is 1.04. The van der Waals surface area contributed by atoms with Crippen molar-refractivity contribution in [1.29, 1.82) is 0 Å². The van der Waals surface area contributed by atoms with E-state index < -0.39 is 0 Å². The van der Waals surface area contributed by atoms with E-state index in [1.165, 1.54) is 19.3 Å². The van der Waals surface area contributed by atoms with Crippen LogP contribution in [0.25, 0.3) is 0 Å². The van der Waals surface area contributed by atoms with Gasteiger partial charge in [0.05, 0.1) is 0 Å². The molecule has 0 fully saturated rings. The molecule has 9 heavy (non-hydrogen) atoms. The Morgan fingerprint density at radius 1 is 1.33 bits per heavy atom. The summed E-state index contributed by atoms with van der Waals surface area (Å²) in [6, 6.07) is 0. The summed E-state index contributed by atoms with van der Waals surface area (Å²) in [7, 11) is 2.98. The van der Waals surface area contributed by atoms with Gasteiger partial charge in [-0.25, -0.2) is 0 Å². The molecule has 0 aliphatic heterocycles. The lowest BCUT2D eigenvalue weighted by Gasteiger charge is -2.09. The van der Waals surface area contributed by atoms with Crippen LogP contribution in [0.4, 0.5) is 0 Å². The minimum absolute atomic E-state index is 0.837. The second kappa shape index (κ2) is 6.30. The molecule has 0 aliphatic carbocycles. The lowest BCUT2D eigenvalue weighted by Crippen LogP contribution is -2.01. The Kier molecular flexibility index (Phi) is 6.42. The molecule has 0 aromatic carbocycles. The van der Waals surface area contributed by atoms with Crippen molar-refractivity contribution in [3.05, 3.63) is 0 Å². The molecule has 2 heteroatoms. The van der Waals surface area contributed by atoms with Gasteiger partial charge >= 0.3 is 0 Å². The summed E-state index contributed by atoms with van der Waals surface area (Å²) in [6.45, 7) is 5.28. The topological polar surface area (TPSA) is 9.23 Å². The van der Waals surface area contributed by atoms with E-state index >= 15 is 0 Å². The molecule has 53 valence electrons. The smallest absolute Gasteiger partial charge is 0.246 e. The van der Waals surface area contributed by atoms with Gasteiger partial charge in [0.1, 0.15) is 0 Å². The summed E-state index contributed by atoms with van der Waals surface area (Å²) in [4.78, 5) is 0. The van der Waals surface area contributed by atoms with Crippen LogP contribution in [0.1, 0.15) is 33.1 Å². The van der Waals surface area contributed by atoms with Gasteiger partial charge in [-0.2, -0.15) is 0 Å². The Labute approximate surface area is 61.3 Å². The molecule has 0 N–H and O–H groups in total. The van der Waals surface area contributed by atoms with Gasteiger partial charge in [-0.1, -0.05) is 26.7 Å². The molecule has 0 aliphatic rings. The van der Waals surface area contributed by atoms with Crippen molar-refractivity contribution in [2.75, 3.05) is 6.61 Å². The van der Waals surface area contributed by atoms with Gasteiger partial charge in [0, 0.05) is 6.61 Å². The van der Waals surface area contributed by atoms with E-state index in [-0.39, 0.29) is 0 Å². The molecule has 0 aromatic rings. The molecule has 0 spiro atoms. The van der Waals surface area contributed by atoms with Crippen LogP contribution in [0, 0.1) is 5.92 Å². The van der Waals surface area contributed by atoms with Crippen LogP contribution in [0.15, 0.2) is 0 Å². The van der Waals surface area contributed by atoms with E-state index in [1.54, 1.807) is 0 Å². The monoisotopic (exact) mass is 143 g/mol. The highest BCUT2D eigenvalue weighted by Crippen LogP contribution is 2.11. The summed E-state index contributed by atoms with van der Waals surface area (Å²) in [6.07, 6.45) is 3.72. The predicted molar refractivity (Wildman–Crippen MR) is 40.4 cm³/mol. The van der Waals surface area contributed by atoms with E-state index in [9.17, 15) is 0 Å². The zero-order valence-corrected chi connectivity index (χ0v) is 7.31. The largest absolute Gasteiger partial charge is 0.419 e. The van der Waals surface area contributed by atoms with Crippen molar-refractivity contribution in [3.63, 3.8) is 0 Å². The van der Waals surface area contributed by atoms with E-state index in [1.807, 2.05) is 0 Å². The Morgan fingerprint density at radius 3 is 2.22 bits per heavy atom. The van der Waals surface area contributed by atoms with E-state index in [0.29, 0.717) is 0 Å². The number of rotatable bonds is 5. The first-order valence-electron chi connectivity index (χ1n) is 3.63. The molecule has 0 amide bonds. The highest BCUT2D eigenvalue weighted by molar-refractivity contribution is 5.97. The summed E-state index contributed by atoms with van der Waals surface area (Å²) in [5, 5.41) is 0. The average molecular weight is 143 g/mol. The summed E-state index contributed by atoms with van der Waals surface area (Å²) in [5.74, 6) is 0.848. The summed E-state index contributed by atoms with van der Waals surface area (Å²) >= 11 is 0. The van der Waals surface area contributed by atoms with E-state index in [0.717, 1.165) is 12.5 Å². The highest BCUT2D eigenvalue weighted by Gasteiger charge is 2.00. The number of hydrogen-bond acceptors (Lipinski definition) is 1. The third-order valence-electron chi connectivity index (χ3n) is 1.78. The maximum atomic E-state index is 4.78. The Hall–Kier alpha value is 0.177. The van der Waals surface area contributed by atoms with Crippen LogP contribution in [0.3, 0.4) is 0 Å². The predicted octanol–water partition coefficient (Wildman–Crippen LogP) is 1.91. The second-order valence-corrected chi connectivity index (χ2v) is 2.61. The molecular weight excluding hydrogens is 128 g/mol. The average Bonchev–Trinajstić information content (AvgIpc) is 1.91. The fourth-order valence-electron chi connectivity index (χ4n) is 0.923. The first kappa shape index (κ1) is 9.18. The van der Waals surface area contributed by atoms with Crippen LogP contribution in [0.5, 0.6) is 0 Å². The van der Waals surface area contributed by atoms with E-state index in [4.69, 9.17) is 4.43 Å². The Morgan fingerprint density at radius 2 is 1.89 bits per heavy atom. The van der Waals surface area contributed by atoms with Crippen LogP contribution < -0.4 is 0 Å². The molecule has 0 saturated heterocycles. The Balaban J connectivity index is 3.09. The zero-order chi connectivity index (χ0) is 7.11. The van der Waals surface area contributed by atoms with Crippen LogP contribution >= 0.6 is 0 Å². The van der Waals surface area contributed by atoms with Gasteiger partial charge in [-0.3, -0.25) is 0 Å². The third-order valence-corrected chi connectivity index (χ3v) is 1.99. The van der Waals surface area contributed by atoms with Gasteiger partial charge in [-0.05, 0) is 12.3 Å². The molecular formula is C7H15OSi. The minimum Gasteiger partial charge on any atom is -0.419 e. The van der Waals surface area contributed by atoms with Crippen molar-refractivity contribution in [2.24, 2.45) is 5.92 Å². The van der Waals surface area contributed by atoms with Crippen molar-refractivity contribution < 1.29 is 4.43 Å². The second-order valence-electron chi connectivity index (χ2n) is 2.32. The maximum Gasteiger partial charge on any atom is 0.246 e. The van der Waals surface area contributed by atoms with Crippen molar-refractivity contribution in [3.8, 4) is 0 Å². The Bertz CT molecular complexity index is 52.9. The van der Waals surface area contributed by atoms with E-state index in [2.05, 4.69) is 24.3 Å². The van der Waals surface area contributed by atoms with Crippen LogP contribution in [0.2, 0.25) is 0 Å². The highest BCUT2D eigenvalue weighted by atomic mass is 28.2.